The molecule has 42 heteroatoms. The maximum Gasteiger partial charge on any atom is 0.300 e. The van der Waals surface area contributed by atoms with Gasteiger partial charge in [-0.05, 0) is 285 Å². The van der Waals surface area contributed by atoms with Crippen LogP contribution in [0.4, 0.5) is 44.8 Å². The normalized spacial score (nSPS) is 10.9. The van der Waals surface area contributed by atoms with E-state index in [1.807, 2.05) is 66.0 Å². The van der Waals surface area contributed by atoms with Crippen LogP contribution in [0.5, 0.6) is 0 Å². The van der Waals surface area contributed by atoms with Crippen molar-refractivity contribution < 1.29 is 14.0 Å². The predicted molar refractivity (Wildman–Crippen MR) is 670 cm³/mol. The number of benzene rings is 6. The maximum atomic E-state index is 11.2. The zero-order valence-corrected chi connectivity index (χ0v) is 97.2. The molecule has 0 saturated carbocycles. The SMILES string of the molecule is CCCCNC(=O)SC1=NCCS1.CCCCNC(=S)NCC(C)=O.CCCCNC(=S)Nc1ccc2cc3ccccc3cc2c1.CCCCNC(=S)Nc1ccc2ccccc2c1.CCCCNC(=S)Nc1ccccc1.CCCCNC(=S)Nc1ccccn1.CCCCNC(=S)Nc1ncc[nH]1.CCCCNC(=S)Nc1ncco1.CCCCNC(=S)Nc1nccs1.CCCCNC(=S)SC1=NCCS1. The Labute approximate surface area is 931 Å². The molecule has 145 heavy (non-hydrogen) atoms. The summed E-state index contributed by atoms with van der Waals surface area (Å²) in [5.74, 6) is 3.68. The van der Waals surface area contributed by atoms with Gasteiger partial charge in [0.05, 0.1) is 25.8 Å². The van der Waals surface area contributed by atoms with Crippen LogP contribution in [0.2, 0.25) is 0 Å². The number of oxazole rings is 1. The zero-order valence-electron chi connectivity index (χ0n) is 85.8. The van der Waals surface area contributed by atoms with Crippen LogP contribution >= 0.6 is 168 Å². The summed E-state index contributed by atoms with van der Waals surface area (Å²) < 4.78 is 7.85. The highest BCUT2D eigenvalue weighted by molar-refractivity contribution is 8.48. The second kappa shape index (κ2) is 87.6. The molecule has 6 heterocycles. The number of thiazole rings is 1. The topological polar surface area (TPSA) is 356 Å². The van der Waals surface area contributed by atoms with E-state index in [0.29, 0.717) is 59.4 Å². The van der Waals surface area contributed by atoms with Crippen LogP contribution < -0.4 is 95.7 Å². The molecule has 28 nitrogen and oxygen atoms in total. The lowest BCUT2D eigenvalue weighted by molar-refractivity contribution is -0.116. The number of pyridine rings is 1. The summed E-state index contributed by atoms with van der Waals surface area (Å²) in [6.45, 7) is 34.2. The number of aromatic amines is 1. The van der Waals surface area contributed by atoms with Gasteiger partial charge in [-0.2, -0.15) is 0 Å². The molecule has 1 amide bonds. The average Bonchev–Trinajstić information content (AvgIpc) is 1.17. The highest BCUT2D eigenvalue weighted by Gasteiger charge is 2.14. The van der Waals surface area contributed by atoms with Gasteiger partial charge in [0, 0.05) is 124 Å². The fourth-order valence-corrected chi connectivity index (χ4v) is 17.5. The number of ketones is 1. The van der Waals surface area contributed by atoms with Gasteiger partial charge in [0.25, 0.3) is 5.24 Å². The second-order valence-electron chi connectivity index (χ2n) is 31.7. The van der Waals surface area contributed by atoms with E-state index in [4.69, 9.17) is 114 Å². The summed E-state index contributed by atoms with van der Waals surface area (Å²) in [4.78, 5) is 49.2. The first-order chi connectivity index (χ1) is 70.5. The Morgan fingerprint density at radius 2 is 0.752 bits per heavy atom. The van der Waals surface area contributed by atoms with E-state index in [1.54, 1.807) is 77.6 Å². The minimum absolute atomic E-state index is 0.0293. The molecule has 0 atom stereocenters. The van der Waals surface area contributed by atoms with Crippen molar-refractivity contribution in [1.82, 2.24) is 83.4 Å². The largest absolute Gasteiger partial charge is 0.432 e. The van der Waals surface area contributed by atoms with Gasteiger partial charge >= 0.3 is 6.01 Å². The predicted octanol–water partition coefficient (Wildman–Crippen LogP) is 25.1. The molecule has 10 aromatic rings. The number of carbonyl (C=O) groups excluding carboxylic acids is 2. The second-order valence-corrected chi connectivity index (χ2v) is 41.1. The molecule has 0 saturated heterocycles. The molecular weight excluding hydrogens is 2080 g/mol. The number of Topliss-reactive ketones (excluding diaryl/α,β-unsaturated/α-hetero) is 1. The van der Waals surface area contributed by atoms with Crippen LogP contribution in [0.15, 0.2) is 203 Å². The van der Waals surface area contributed by atoms with Crippen molar-refractivity contribution >= 4 is 306 Å². The van der Waals surface area contributed by atoms with E-state index in [0.717, 1.165) is 215 Å². The van der Waals surface area contributed by atoms with Crippen LogP contribution in [0.1, 0.15) is 205 Å². The number of hydrogen-bond donors (Lipinski definition) is 19. The number of thiocarbonyl (C=S) groups is 9. The van der Waals surface area contributed by atoms with E-state index >= 15 is 0 Å². The highest BCUT2D eigenvalue weighted by Crippen LogP contribution is 2.27. The zero-order chi connectivity index (χ0) is 106. The smallest absolute Gasteiger partial charge is 0.300 e. The number of anilines is 7. The molecule has 0 radical (unpaired) electrons. The number of para-hydroxylation sites is 1. The number of aromatic nitrogens is 5. The first kappa shape index (κ1) is 130. The highest BCUT2D eigenvalue weighted by atomic mass is 32.2. The molecule has 2 aliphatic heterocycles. The van der Waals surface area contributed by atoms with Crippen molar-refractivity contribution in [3.8, 4) is 0 Å². The fourth-order valence-electron chi connectivity index (χ4n) is 11.3. The number of rotatable bonds is 39. The molecule has 0 spiro atoms. The molecule has 0 unspecified atom stereocenters. The Bertz CT molecular complexity index is 5040. The van der Waals surface area contributed by atoms with Crippen molar-refractivity contribution in [2.45, 2.75) is 205 Å². The Morgan fingerprint density at radius 1 is 0.352 bits per heavy atom. The van der Waals surface area contributed by atoms with Crippen molar-refractivity contribution in [2.75, 3.05) is 134 Å². The lowest BCUT2D eigenvalue weighted by Gasteiger charge is -2.11. The molecule has 792 valence electrons. The number of amides is 1. The first-order valence-corrected chi connectivity index (χ1v) is 57.9. The monoisotopic (exact) mass is 2240 g/mol. The van der Waals surface area contributed by atoms with Crippen LogP contribution in [0, 0.1) is 0 Å². The number of H-pyrrole nitrogens is 1. The van der Waals surface area contributed by atoms with Gasteiger partial charge in [0.1, 0.15) is 30.9 Å². The summed E-state index contributed by atoms with van der Waals surface area (Å²) in [6, 6.07) is 49.9. The minimum atomic E-state index is 0.0293. The van der Waals surface area contributed by atoms with Crippen LogP contribution in [0.25, 0.3) is 32.3 Å². The van der Waals surface area contributed by atoms with Gasteiger partial charge in [0.2, 0.25) is 5.95 Å². The van der Waals surface area contributed by atoms with Gasteiger partial charge in [0.15, 0.2) is 46.0 Å². The molecule has 19 N–H and O–H groups in total. The number of imidazole rings is 1. The summed E-state index contributed by atoms with van der Waals surface area (Å²) >= 11 is 53.8. The molecule has 6 aromatic carbocycles. The van der Waals surface area contributed by atoms with Crippen molar-refractivity contribution in [3.05, 3.63) is 188 Å². The number of hydrogen-bond acceptors (Lipinski definition) is 23. The lowest BCUT2D eigenvalue weighted by Crippen LogP contribution is -2.38. The molecule has 0 aliphatic carbocycles. The van der Waals surface area contributed by atoms with Crippen LogP contribution in [-0.4, -0.2) is 187 Å². The molecule has 4 aromatic heterocycles. The van der Waals surface area contributed by atoms with Gasteiger partial charge in [-0.25, -0.2) is 19.9 Å². The molecule has 2 aliphatic rings. The number of nitrogens with one attached hydrogen (secondary N) is 19. The van der Waals surface area contributed by atoms with Gasteiger partial charge in [-0.15, -0.1) is 11.3 Å². The number of carbonyl (C=O) groups is 2. The average molecular weight is 2240 g/mol. The maximum absolute atomic E-state index is 11.2. The Morgan fingerprint density at radius 3 is 1.19 bits per heavy atom. The van der Waals surface area contributed by atoms with E-state index in [-0.39, 0.29) is 11.0 Å². The number of nitrogens with zero attached hydrogens (tertiary/aromatic N) is 6. The Hall–Kier alpha value is -9.41. The third-order valence-corrected chi connectivity index (χ3v) is 26.1. The third-order valence-electron chi connectivity index (χ3n) is 19.0. The first-order valence-electron chi connectivity index (χ1n) is 49.8. The fraction of sp³-hybridized carbons (Fsp3) is 0.447. The van der Waals surface area contributed by atoms with Crippen molar-refractivity contribution in [1.29, 1.82) is 0 Å². The standard InChI is InChI=1S/C19H20N2S.C15H18N2S.C11H16N2S.C10H15N3S.C8H14N4S.C8H13N3OS.C8H13N3S2.C8H14N2OS2.C8H16N2OS.C8H14N2S3/c1-2-3-10-20-19(22)21-18-9-8-16-11-14-6-4-5-7-15(14)12-17(16)13-18;1-2-3-10-16-15(18)17-14-9-8-12-6-4-5-7-13(12)11-14;1-2-3-9-12-11(14)13-10-7-5-4-6-8-10;1-2-3-7-12-10(14)13-9-6-4-5-8-11-9;1-2-3-4-11-8(13)12-7-9-5-6-10-7;1-2-3-4-10-8(13)11-7-9-5-6-12-7;1-2-3-4-9-7(12)11-8-10-5-6-13-8;1-2-3-4-9-7(11)13-8-10-5-6-12-8;1-3-4-5-9-8(12)10-6-7(2)11;1-2-3-4-9-7(11)13-8-10-5-6-12-8/h4-9,11-13H,2-3,10H2,1H3,(H2,20,21,22);4-9,11H,2-3,10H2,1H3,(H2,16,17,18);4-8H,2-3,9H2,1H3,(H2,12,13,14);4-6,8H,2-3,7H2,1H3,(H2,11,12,13,14);5-6H,2-4H2,1H3,(H3,9,10,11,12,13);5-6H,2-4H2,1H3,(H2,9,10,11,13);5-6H,2-4H2,1H3,(H2,9,10,11,12);2-6H2,1H3,(H,9,11);3-6H2,1-2H3,(H2,9,10,12);2-6H2,1H3,(H,9,11). The van der Waals surface area contributed by atoms with Gasteiger partial charge in [-0.3, -0.25) is 24.9 Å². The van der Waals surface area contributed by atoms with E-state index in [9.17, 15) is 9.59 Å². The van der Waals surface area contributed by atoms with E-state index in [1.165, 1.54) is 102 Å². The summed E-state index contributed by atoms with van der Waals surface area (Å²) in [6.07, 6.45) is 32.8. The Kier molecular flexibility index (Phi) is 78.4. The van der Waals surface area contributed by atoms with E-state index in [2.05, 4.69) is 285 Å². The summed E-state index contributed by atoms with van der Waals surface area (Å²) in [7, 11) is 0. The number of unbranched alkanes of at least 4 members (excludes halogenated alkanes) is 10. The van der Waals surface area contributed by atoms with Crippen LogP contribution in [0.3, 0.4) is 0 Å². The van der Waals surface area contributed by atoms with Gasteiger partial charge < -0.3 is 99.8 Å². The van der Waals surface area contributed by atoms with Gasteiger partial charge in [-0.1, -0.05) is 254 Å². The molecule has 12 rings (SSSR count). The van der Waals surface area contributed by atoms with Crippen molar-refractivity contribution in [3.63, 3.8) is 0 Å². The number of thioether (sulfide) groups is 4. The number of aliphatic imine (C=N–C) groups is 2. The summed E-state index contributed by atoms with van der Waals surface area (Å²) in [5, 5.41) is 70.5. The molecular formula is C103H153N25O3S14. The lowest BCUT2D eigenvalue weighted by atomic mass is 10.0. The molecule has 0 fully saturated rings. The Balaban J connectivity index is 0.000000417. The van der Waals surface area contributed by atoms with Crippen LogP contribution in [-0.2, 0) is 4.79 Å². The quantitative estimate of drug-likeness (QED) is 0.00966. The van der Waals surface area contributed by atoms with Crippen molar-refractivity contribution in [2.24, 2.45) is 9.98 Å². The minimum Gasteiger partial charge on any atom is -0.432 e. The molecule has 0 bridgehead atoms. The number of fused-ring (bicyclic) bond motifs is 3. The van der Waals surface area contributed by atoms with E-state index < -0.39 is 0 Å². The third kappa shape index (κ3) is 69.4. The summed E-state index contributed by atoms with van der Waals surface area (Å²) in [5.41, 5.74) is 3.08.